The van der Waals surface area contributed by atoms with Crippen molar-refractivity contribution in [1.82, 2.24) is 4.81 Å². The summed E-state index contributed by atoms with van der Waals surface area (Å²) in [6.07, 6.45) is 0. The second-order valence-electron chi connectivity index (χ2n) is 3.02. The lowest BCUT2D eigenvalue weighted by molar-refractivity contribution is 0.319. The molecule has 0 aromatic rings. The zero-order valence-corrected chi connectivity index (χ0v) is 9.14. The van der Waals surface area contributed by atoms with Gasteiger partial charge in [-0.2, -0.15) is 0 Å². The molecule has 3 heteroatoms. The van der Waals surface area contributed by atoms with Crippen molar-refractivity contribution < 1.29 is 0 Å². The second-order valence-corrected chi connectivity index (χ2v) is 3.99. The van der Waals surface area contributed by atoms with Gasteiger partial charge >= 0.3 is 0 Å². The van der Waals surface area contributed by atoms with Crippen molar-refractivity contribution in [2.24, 2.45) is 0 Å². The Morgan fingerprint density at radius 2 is 1.44 bits per heavy atom. The number of rotatable bonds is 3. The van der Waals surface area contributed by atoms with E-state index in [2.05, 4.69) is 54.9 Å². The first-order valence-corrected chi connectivity index (χ1v) is 5.81. The van der Waals surface area contributed by atoms with Gasteiger partial charge in [0.05, 0.1) is 5.27 Å². The molecular weight excluding hydrogens is 224 g/mol. The fraction of sp³-hybridized carbons (Fsp3) is 1.00. The van der Waals surface area contributed by atoms with Crippen LogP contribution >= 0.6 is 22.4 Å². The minimum Gasteiger partial charge on any atom is -0.466 e. The lowest BCUT2D eigenvalue weighted by Crippen LogP contribution is -2.37. The van der Waals surface area contributed by atoms with E-state index < -0.39 is 0 Å². The van der Waals surface area contributed by atoms with Crippen LogP contribution in [-0.4, -0.2) is 22.2 Å². The highest BCUT2D eigenvalue weighted by atomic mass is 127. The second kappa shape index (κ2) is 4.55. The van der Waals surface area contributed by atoms with Crippen LogP contribution in [0.15, 0.2) is 0 Å². The fourth-order valence-electron chi connectivity index (χ4n) is 0.987. The standard InChI is InChI=1S/C6H16BIN/c1-5(2)9(7-8)6(3)4/h5-6H,7H2,1-4H3/q-1. The molecule has 0 heterocycles. The van der Waals surface area contributed by atoms with Gasteiger partial charge in [0, 0.05) is 0 Å². The highest BCUT2D eigenvalue weighted by molar-refractivity contribution is 14.1. The Balaban J connectivity index is 3.68. The van der Waals surface area contributed by atoms with Crippen LogP contribution in [0, 0.1) is 0 Å². The van der Waals surface area contributed by atoms with Gasteiger partial charge in [0.1, 0.15) is 0 Å². The average Bonchev–Trinajstić information content (AvgIpc) is 1.64. The first-order chi connectivity index (χ1) is 4.09. The Morgan fingerprint density at radius 1 is 1.11 bits per heavy atom. The molecule has 0 saturated heterocycles. The molecule has 0 aliphatic rings. The number of halogens is 1. The summed E-state index contributed by atoms with van der Waals surface area (Å²) in [7, 11) is 0. The van der Waals surface area contributed by atoms with Crippen molar-refractivity contribution in [1.29, 1.82) is 0 Å². The largest absolute Gasteiger partial charge is 0.466 e. The first kappa shape index (κ1) is 9.75. The molecule has 0 bridgehead atoms. The summed E-state index contributed by atoms with van der Waals surface area (Å²) in [4.78, 5) is 2.57. The van der Waals surface area contributed by atoms with Crippen molar-refractivity contribution in [3.8, 4) is 0 Å². The summed E-state index contributed by atoms with van der Waals surface area (Å²) in [5.74, 6) is 0. The van der Waals surface area contributed by atoms with E-state index in [9.17, 15) is 0 Å². The topological polar surface area (TPSA) is 3.24 Å². The van der Waals surface area contributed by atoms with Gasteiger partial charge in [-0.25, -0.2) is 0 Å². The summed E-state index contributed by atoms with van der Waals surface area (Å²) < 4.78 is 0. The van der Waals surface area contributed by atoms with Gasteiger partial charge in [-0.1, -0.05) is 27.7 Å². The zero-order chi connectivity index (χ0) is 7.44. The van der Waals surface area contributed by atoms with Crippen molar-refractivity contribution >= 4 is 27.6 Å². The van der Waals surface area contributed by atoms with Crippen LogP contribution in [0.1, 0.15) is 27.7 Å². The molecule has 0 radical (unpaired) electrons. The van der Waals surface area contributed by atoms with E-state index in [4.69, 9.17) is 0 Å². The third-order valence-corrected chi connectivity index (χ3v) is 2.94. The van der Waals surface area contributed by atoms with E-state index in [-0.39, 0.29) is 5.27 Å². The van der Waals surface area contributed by atoms with Crippen LogP contribution in [0.4, 0.5) is 0 Å². The summed E-state index contributed by atoms with van der Waals surface area (Å²) in [5, 5.41) is 0.146. The zero-order valence-electron chi connectivity index (χ0n) is 6.98. The van der Waals surface area contributed by atoms with Gasteiger partial charge in [0.25, 0.3) is 0 Å². The lowest BCUT2D eigenvalue weighted by Gasteiger charge is -2.35. The average molecular weight is 240 g/mol. The Hall–Kier alpha value is 0.755. The van der Waals surface area contributed by atoms with Gasteiger partial charge in [-0.15, -0.1) is 0 Å². The van der Waals surface area contributed by atoms with Crippen LogP contribution in [0.5, 0.6) is 0 Å². The van der Waals surface area contributed by atoms with Crippen LogP contribution in [0.25, 0.3) is 0 Å². The van der Waals surface area contributed by atoms with Gasteiger partial charge in [0.15, 0.2) is 0 Å². The van der Waals surface area contributed by atoms with Gasteiger partial charge < -0.3 is 27.2 Å². The fourth-order valence-corrected chi connectivity index (χ4v) is 3.21. The number of hydrogen-bond acceptors (Lipinski definition) is 1. The molecule has 56 valence electrons. The molecule has 0 aromatic heterocycles. The molecule has 0 rings (SSSR count). The highest BCUT2D eigenvalue weighted by Crippen LogP contribution is 2.04. The van der Waals surface area contributed by atoms with Gasteiger partial charge in [0.2, 0.25) is 0 Å². The highest BCUT2D eigenvalue weighted by Gasteiger charge is 2.03. The monoisotopic (exact) mass is 240 g/mol. The molecule has 0 aliphatic heterocycles. The summed E-state index contributed by atoms with van der Waals surface area (Å²) in [6, 6.07) is 1.48. The van der Waals surface area contributed by atoms with E-state index in [1.807, 2.05) is 0 Å². The minimum absolute atomic E-state index is 0.146. The molecule has 0 unspecified atom stereocenters. The first-order valence-electron chi connectivity index (χ1n) is 3.65. The Morgan fingerprint density at radius 3 is 1.44 bits per heavy atom. The molecule has 0 atom stereocenters. The van der Waals surface area contributed by atoms with E-state index in [0.717, 1.165) is 12.1 Å². The minimum atomic E-state index is 0.146. The van der Waals surface area contributed by atoms with E-state index >= 15 is 0 Å². The van der Waals surface area contributed by atoms with E-state index in [1.165, 1.54) is 0 Å². The normalized spacial score (nSPS) is 12.0. The molecule has 1 nitrogen and oxygen atoms in total. The smallest absolute Gasteiger partial charge is 0.0960 e. The van der Waals surface area contributed by atoms with Crippen LogP contribution < -0.4 is 0 Å². The molecule has 0 fully saturated rings. The maximum Gasteiger partial charge on any atom is 0.0960 e. The SMILES string of the molecule is CC(C)N([BH2-]I)C(C)C. The van der Waals surface area contributed by atoms with Crippen molar-refractivity contribution in [2.75, 3.05) is 0 Å². The van der Waals surface area contributed by atoms with Gasteiger partial charge in [-0.3, -0.25) is 0 Å². The number of nitrogens with zero attached hydrogens (tertiary/aromatic N) is 1. The van der Waals surface area contributed by atoms with Crippen LogP contribution in [0.2, 0.25) is 0 Å². The summed E-state index contributed by atoms with van der Waals surface area (Å²) >= 11 is 2.53. The van der Waals surface area contributed by atoms with Crippen molar-refractivity contribution in [3.63, 3.8) is 0 Å². The van der Waals surface area contributed by atoms with Crippen molar-refractivity contribution in [3.05, 3.63) is 0 Å². The Kier molecular flexibility index (Phi) is 4.93. The maximum absolute atomic E-state index is 2.57. The predicted molar refractivity (Wildman–Crippen MR) is 54.7 cm³/mol. The third kappa shape index (κ3) is 3.45. The molecule has 0 spiro atoms. The molecule has 0 saturated carbocycles. The number of hydrogen-bond donors (Lipinski definition) is 0. The molecule has 9 heavy (non-hydrogen) atoms. The van der Waals surface area contributed by atoms with E-state index in [1.54, 1.807) is 0 Å². The Labute approximate surface area is 72.3 Å². The lowest BCUT2D eigenvalue weighted by atomic mass is 10.1. The third-order valence-electron chi connectivity index (χ3n) is 1.82. The summed E-state index contributed by atoms with van der Waals surface area (Å²) in [5.41, 5.74) is 0. The van der Waals surface area contributed by atoms with E-state index in [0.29, 0.717) is 0 Å². The molecule has 0 amide bonds. The van der Waals surface area contributed by atoms with Crippen LogP contribution in [0.3, 0.4) is 0 Å². The molecule has 0 aliphatic carbocycles. The van der Waals surface area contributed by atoms with Crippen LogP contribution in [-0.2, 0) is 0 Å². The predicted octanol–water partition coefficient (Wildman–Crippen LogP) is 1.54. The maximum atomic E-state index is 2.57. The Bertz CT molecular complexity index is 67.5. The quantitative estimate of drug-likeness (QED) is 0.534. The van der Waals surface area contributed by atoms with Crippen molar-refractivity contribution in [2.45, 2.75) is 39.8 Å². The van der Waals surface area contributed by atoms with Gasteiger partial charge in [-0.05, 0) is 12.1 Å². The summed E-state index contributed by atoms with van der Waals surface area (Å²) in [6.45, 7) is 9.06. The molecule has 0 aromatic carbocycles. The molecular formula is C6H16BIN-. The molecule has 0 N–H and O–H groups in total.